The Labute approximate surface area is 137 Å². The molecule has 6 heteroatoms. The molecule has 0 radical (unpaired) electrons. The van der Waals surface area contributed by atoms with E-state index in [0.717, 1.165) is 23.4 Å². The Morgan fingerprint density at radius 2 is 1.75 bits per heavy atom. The maximum atomic E-state index is 12.7. The van der Waals surface area contributed by atoms with Gasteiger partial charge in [-0.3, -0.25) is 0 Å². The SMILES string of the molecule is COc1ccccc1Cn1ccnc1-c1ccc(C(F)(F)F)cc1. The first-order valence-electron chi connectivity index (χ1n) is 7.29. The van der Waals surface area contributed by atoms with Gasteiger partial charge in [0.2, 0.25) is 0 Å². The summed E-state index contributed by atoms with van der Waals surface area (Å²) in [5.41, 5.74) is 0.920. The Morgan fingerprint density at radius 1 is 1.04 bits per heavy atom. The average Bonchev–Trinajstić information content (AvgIpc) is 3.03. The van der Waals surface area contributed by atoms with Crippen molar-refractivity contribution in [2.24, 2.45) is 0 Å². The first-order valence-corrected chi connectivity index (χ1v) is 7.29. The standard InChI is InChI=1S/C18H15F3N2O/c1-24-16-5-3-2-4-14(16)12-23-11-10-22-17(23)13-6-8-15(9-7-13)18(19,20)21/h2-11H,12H2,1H3. The van der Waals surface area contributed by atoms with Crippen molar-refractivity contribution in [3.8, 4) is 17.1 Å². The minimum atomic E-state index is -4.34. The molecule has 2 aromatic carbocycles. The van der Waals surface area contributed by atoms with Crippen LogP contribution in [0.1, 0.15) is 11.1 Å². The van der Waals surface area contributed by atoms with Gasteiger partial charge in [0, 0.05) is 23.5 Å². The zero-order valence-electron chi connectivity index (χ0n) is 12.9. The number of methoxy groups -OCH3 is 1. The maximum absolute atomic E-state index is 12.7. The van der Waals surface area contributed by atoms with E-state index in [1.54, 1.807) is 19.5 Å². The monoisotopic (exact) mass is 332 g/mol. The molecule has 1 aromatic heterocycles. The predicted molar refractivity (Wildman–Crippen MR) is 84.8 cm³/mol. The van der Waals surface area contributed by atoms with Crippen molar-refractivity contribution < 1.29 is 17.9 Å². The van der Waals surface area contributed by atoms with Crippen LogP contribution in [-0.2, 0) is 12.7 Å². The van der Waals surface area contributed by atoms with Gasteiger partial charge in [0.15, 0.2) is 0 Å². The Hall–Kier alpha value is -2.76. The van der Waals surface area contributed by atoms with Gasteiger partial charge >= 0.3 is 6.18 Å². The minimum absolute atomic E-state index is 0.514. The molecule has 0 saturated carbocycles. The highest BCUT2D eigenvalue weighted by atomic mass is 19.4. The normalized spacial score (nSPS) is 11.5. The number of alkyl halides is 3. The number of rotatable bonds is 4. The van der Waals surface area contributed by atoms with E-state index in [0.29, 0.717) is 17.9 Å². The first kappa shape index (κ1) is 16.1. The highest BCUT2D eigenvalue weighted by molar-refractivity contribution is 5.56. The Bertz CT molecular complexity index is 823. The van der Waals surface area contributed by atoms with Gasteiger partial charge in [-0.05, 0) is 18.2 Å². The fraction of sp³-hybridized carbons (Fsp3) is 0.167. The third-order valence-electron chi connectivity index (χ3n) is 3.72. The lowest BCUT2D eigenvalue weighted by Gasteiger charge is -2.12. The van der Waals surface area contributed by atoms with Crippen molar-refractivity contribution in [1.82, 2.24) is 9.55 Å². The van der Waals surface area contributed by atoms with Gasteiger partial charge in [-0.2, -0.15) is 13.2 Å². The zero-order chi connectivity index (χ0) is 17.2. The van der Waals surface area contributed by atoms with E-state index >= 15 is 0 Å². The van der Waals surface area contributed by atoms with Crippen molar-refractivity contribution in [2.45, 2.75) is 12.7 Å². The van der Waals surface area contributed by atoms with Gasteiger partial charge in [0.25, 0.3) is 0 Å². The van der Waals surface area contributed by atoms with Crippen LogP contribution in [0.5, 0.6) is 5.75 Å². The molecule has 24 heavy (non-hydrogen) atoms. The quantitative estimate of drug-likeness (QED) is 0.697. The van der Waals surface area contributed by atoms with E-state index in [1.807, 2.05) is 28.8 Å². The van der Waals surface area contributed by atoms with Crippen LogP contribution >= 0.6 is 0 Å². The molecule has 3 aromatic rings. The molecule has 0 aliphatic heterocycles. The number of halogens is 3. The topological polar surface area (TPSA) is 27.1 Å². The van der Waals surface area contributed by atoms with Gasteiger partial charge in [-0.25, -0.2) is 4.98 Å². The van der Waals surface area contributed by atoms with Gasteiger partial charge < -0.3 is 9.30 Å². The van der Waals surface area contributed by atoms with Crippen LogP contribution in [0.3, 0.4) is 0 Å². The Morgan fingerprint density at radius 3 is 2.42 bits per heavy atom. The smallest absolute Gasteiger partial charge is 0.416 e. The molecule has 0 N–H and O–H groups in total. The summed E-state index contributed by atoms with van der Waals surface area (Å²) >= 11 is 0. The number of hydrogen-bond acceptors (Lipinski definition) is 2. The van der Waals surface area contributed by atoms with E-state index in [2.05, 4.69) is 4.98 Å². The number of imidazole rings is 1. The van der Waals surface area contributed by atoms with Gasteiger partial charge in [0.1, 0.15) is 11.6 Å². The molecule has 0 aliphatic rings. The van der Waals surface area contributed by atoms with Crippen LogP contribution in [0, 0.1) is 0 Å². The number of nitrogens with zero attached hydrogens (tertiary/aromatic N) is 2. The summed E-state index contributed by atoms with van der Waals surface area (Å²) < 4.78 is 45.2. The molecule has 0 fully saturated rings. The van der Waals surface area contributed by atoms with Crippen molar-refractivity contribution >= 4 is 0 Å². The Balaban J connectivity index is 1.91. The lowest BCUT2D eigenvalue weighted by molar-refractivity contribution is -0.137. The molecule has 0 aliphatic carbocycles. The van der Waals surface area contributed by atoms with Crippen LogP contribution < -0.4 is 4.74 Å². The van der Waals surface area contributed by atoms with Gasteiger partial charge in [-0.1, -0.05) is 30.3 Å². The van der Waals surface area contributed by atoms with E-state index in [9.17, 15) is 13.2 Å². The molecular weight excluding hydrogens is 317 g/mol. The summed E-state index contributed by atoms with van der Waals surface area (Å²) in [5.74, 6) is 1.36. The zero-order valence-corrected chi connectivity index (χ0v) is 12.9. The first-order chi connectivity index (χ1) is 11.5. The predicted octanol–water partition coefficient (Wildman–Crippen LogP) is 4.63. The molecule has 0 saturated heterocycles. The summed E-state index contributed by atoms with van der Waals surface area (Å²) in [5, 5.41) is 0. The second-order valence-electron chi connectivity index (χ2n) is 5.27. The summed E-state index contributed by atoms with van der Waals surface area (Å²) in [7, 11) is 1.60. The fourth-order valence-electron chi connectivity index (χ4n) is 2.52. The van der Waals surface area contributed by atoms with Crippen molar-refractivity contribution in [3.05, 3.63) is 72.1 Å². The fourth-order valence-corrected chi connectivity index (χ4v) is 2.52. The molecule has 0 atom stereocenters. The molecule has 3 nitrogen and oxygen atoms in total. The molecule has 0 unspecified atom stereocenters. The van der Waals surface area contributed by atoms with Crippen molar-refractivity contribution in [1.29, 1.82) is 0 Å². The minimum Gasteiger partial charge on any atom is -0.496 e. The van der Waals surface area contributed by atoms with Crippen molar-refractivity contribution in [2.75, 3.05) is 7.11 Å². The second kappa shape index (κ2) is 6.39. The third-order valence-corrected chi connectivity index (χ3v) is 3.72. The molecule has 0 bridgehead atoms. The number of para-hydroxylation sites is 1. The van der Waals surface area contributed by atoms with Gasteiger partial charge in [0.05, 0.1) is 19.2 Å². The molecule has 1 heterocycles. The summed E-state index contributed by atoms with van der Waals surface area (Å²) in [6.45, 7) is 0.514. The van der Waals surface area contributed by atoms with Crippen LogP contribution in [0.4, 0.5) is 13.2 Å². The number of hydrogen-bond donors (Lipinski definition) is 0. The lowest BCUT2D eigenvalue weighted by atomic mass is 10.1. The van der Waals surface area contributed by atoms with Gasteiger partial charge in [-0.15, -0.1) is 0 Å². The largest absolute Gasteiger partial charge is 0.496 e. The van der Waals surface area contributed by atoms with E-state index in [4.69, 9.17) is 4.74 Å². The maximum Gasteiger partial charge on any atom is 0.416 e. The molecule has 0 amide bonds. The van der Waals surface area contributed by atoms with Crippen LogP contribution in [-0.4, -0.2) is 16.7 Å². The average molecular weight is 332 g/mol. The third kappa shape index (κ3) is 3.27. The molecule has 3 rings (SSSR count). The molecule has 124 valence electrons. The number of ether oxygens (including phenoxy) is 1. The molecule has 0 spiro atoms. The van der Waals surface area contributed by atoms with Crippen molar-refractivity contribution in [3.63, 3.8) is 0 Å². The highest BCUT2D eigenvalue weighted by Gasteiger charge is 2.30. The van der Waals surface area contributed by atoms with E-state index in [-0.39, 0.29) is 0 Å². The van der Waals surface area contributed by atoms with Crippen LogP contribution in [0.25, 0.3) is 11.4 Å². The summed E-state index contributed by atoms with van der Waals surface area (Å²) in [4.78, 5) is 4.27. The van der Waals surface area contributed by atoms with E-state index < -0.39 is 11.7 Å². The summed E-state index contributed by atoms with van der Waals surface area (Å²) in [6.07, 6.45) is -0.923. The number of benzene rings is 2. The van der Waals surface area contributed by atoms with Crippen LogP contribution in [0.15, 0.2) is 60.9 Å². The number of aromatic nitrogens is 2. The lowest BCUT2D eigenvalue weighted by Crippen LogP contribution is -2.05. The second-order valence-corrected chi connectivity index (χ2v) is 5.27. The highest BCUT2D eigenvalue weighted by Crippen LogP contribution is 2.31. The Kier molecular flexibility index (Phi) is 4.29. The summed E-state index contributed by atoms with van der Waals surface area (Å²) in [6, 6.07) is 12.6. The van der Waals surface area contributed by atoms with Crippen LogP contribution in [0.2, 0.25) is 0 Å². The molecular formula is C18H15F3N2O. The van der Waals surface area contributed by atoms with E-state index in [1.165, 1.54) is 12.1 Å².